The van der Waals surface area contributed by atoms with Crippen LogP contribution < -0.4 is 5.32 Å². The largest absolute Gasteiger partial charge is 0.306 e. The van der Waals surface area contributed by atoms with Gasteiger partial charge in [0.1, 0.15) is 0 Å². The molecule has 0 aliphatic heterocycles. The Morgan fingerprint density at radius 1 is 1.14 bits per heavy atom. The lowest BCUT2D eigenvalue weighted by Crippen LogP contribution is -2.45. The van der Waals surface area contributed by atoms with E-state index < -0.39 is 0 Å². The van der Waals surface area contributed by atoms with E-state index in [0.29, 0.717) is 5.54 Å². The second-order valence-corrected chi connectivity index (χ2v) is 9.97. The monoisotopic (exact) mass is 330 g/mol. The average molecular weight is 331 g/mol. The van der Waals surface area contributed by atoms with Crippen molar-refractivity contribution in [3.05, 3.63) is 28.2 Å². The van der Waals surface area contributed by atoms with Gasteiger partial charge in [-0.1, -0.05) is 0 Å². The molecule has 4 aliphatic carbocycles. The van der Waals surface area contributed by atoms with Gasteiger partial charge < -0.3 is 5.32 Å². The minimum Gasteiger partial charge on any atom is -0.306 e. The molecule has 0 aromatic carbocycles. The minimum atomic E-state index is 0.499. The highest BCUT2D eigenvalue weighted by Crippen LogP contribution is 2.60. The van der Waals surface area contributed by atoms with Gasteiger partial charge in [-0.2, -0.15) is 0 Å². The van der Waals surface area contributed by atoms with E-state index in [1.54, 1.807) is 11.3 Å². The molecule has 2 atom stereocenters. The van der Waals surface area contributed by atoms with Crippen LogP contribution in [0.25, 0.3) is 9.75 Å². The topological polar surface area (TPSA) is 24.9 Å². The predicted molar refractivity (Wildman–Crippen MR) is 93.3 cm³/mol. The Balaban J connectivity index is 1.30. The lowest BCUT2D eigenvalue weighted by Gasteiger charge is -2.34. The Morgan fingerprint density at radius 2 is 1.95 bits per heavy atom. The molecule has 4 saturated carbocycles. The average Bonchev–Trinajstić information content (AvgIpc) is 3.21. The number of thiophene rings is 1. The van der Waals surface area contributed by atoms with Crippen LogP contribution in [0.4, 0.5) is 0 Å². The summed E-state index contributed by atoms with van der Waals surface area (Å²) in [5.41, 5.74) is 0.499. The molecule has 0 spiro atoms. The highest BCUT2D eigenvalue weighted by Gasteiger charge is 2.57. The van der Waals surface area contributed by atoms with Crippen molar-refractivity contribution in [2.45, 2.75) is 51.1 Å². The van der Waals surface area contributed by atoms with Crippen LogP contribution in [-0.4, -0.2) is 10.5 Å². The Kier molecular flexibility index (Phi) is 3.05. The molecule has 1 N–H and O–H groups in total. The smallest absolute Gasteiger partial charge is 0.0900 e. The lowest BCUT2D eigenvalue weighted by atomic mass is 9.80. The second kappa shape index (κ2) is 4.89. The van der Waals surface area contributed by atoms with Gasteiger partial charge in [-0.3, -0.25) is 0 Å². The summed E-state index contributed by atoms with van der Waals surface area (Å²) in [5.74, 6) is 3.04. The number of aromatic nitrogens is 1. The molecule has 2 nitrogen and oxygen atoms in total. The molecule has 4 fully saturated rings. The summed E-state index contributed by atoms with van der Waals surface area (Å²) in [6.45, 7) is 3.13. The van der Waals surface area contributed by atoms with Crippen molar-refractivity contribution >= 4 is 22.7 Å². The van der Waals surface area contributed by atoms with Crippen LogP contribution in [0.1, 0.15) is 42.0 Å². The van der Waals surface area contributed by atoms with Crippen molar-refractivity contribution in [1.29, 1.82) is 0 Å². The van der Waals surface area contributed by atoms with Crippen molar-refractivity contribution in [2.75, 3.05) is 0 Å². The fraction of sp³-hybridized carbons (Fsp3) is 0.611. The van der Waals surface area contributed by atoms with Gasteiger partial charge in [0.25, 0.3) is 0 Å². The van der Waals surface area contributed by atoms with Gasteiger partial charge in [-0.05, 0) is 68.9 Å². The Morgan fingerprint density at radius 3 is 2.68 bits per heavy atom. The number of rotatable bonds is 4. The minimum absolute atomic E-state index is 0.499. The van der Waals surface area contributed by atoms with E-state index in [1.807, 2.05) is 17.5 Å². The van der Waals surface area contributed by atoms with Crippen molar-refractivity contribution in [2.24, 2.45) is 17.8 Å². The van der Waals surface area contributed by atoms with Crippen LogP contribution in [-0.2, 0) is 6.54 Å². The zero-order valence-corrected chi connectivity index (χ0v) is 14.6. The van der Waals surface area contributed by atoms with Crippen LogP contribution >= 0.6 is 22.7 Å². The molecule has 4 bridgehead atoms. The SMILES string of the molecule is Cc1ncc(-c2ccc(CNC34CC5CC(CC3C5)C4)s2)s1. The molecule has 0 radical (unpaired) electrons. The van der Waals surface area contributed by atoms with Crippen molar-refractivity contribution in [1.82, 2.24) is 10.3 Å². The van der Waals surface area contributed by atoms with Crippen LogP contribution in [0.3, 0.4) is 0 Å². The third-order valence-corrected chi connectivity index (χ3v) is 8.32. The molecule has 6 rings (SSSR count). The van der Waals surface area contributed by atoms with Crippen molar-refractivity contribution in [3.8, 4) is 9.75 Å². The van der Waals surface area contributed by atoms with Gasteiger partial charge in [0.2, 0.25) is 0 Å². The van der Waals surface area contributed by atoms with E-state index in [0.717, 1.165) is 29.3 Å². The summed E-state index contributed by atoms with van der Waals surface area (Å²) in [6.07, 6.45) is 9.42. The molecule has 22 heavy (non-hydrogen) atoms. The normalized spacial score (nSPS) is 35.6. The summed E-state index contributed by atoms with van der Waals surface area (Å²) in [4.78, 5) is 8.54. The molecular weight excluding hydrogens is 308 g/mol. The van der Waals surface area contributed by atoms with Gasteiger partial charge >= 0.3 is 0 Å². The maximum Gasteiger partial charge on any atom is 0.0900 e. The first-order chi connectivity index (χ1) is 10.7. The van der Waals surface area contributed by atoms with E-state index in [9.17, 15) is 0 Å². The van der Waals surface area contributed by atoms with Crippen molar-refractivity contribution in [3.63, 3.8) is 0 Å². The second-order valence-electron chi connectivity index (χ2n) is 7.56. The Bertz CT molecular complexity index is 688. The number of aryl methyl sites for hydroxylation is 1. The Hall–Kier alpha value is -0.710. The van der Waals surface area contributed by atoms with E-state index in [4.69, 9.17) is 0 Å². The van der Waals surface area contributed by atoms with Crippen LogP contribution in [0.15, 0.2) is 18.3 Å². The molecular formula is C18H22N2S2. The lowest BCUT2D eigenvalue weighted by molar-refractivity contribution is 0.233. The van der Waals surface area contributed by atoms with Crippen LogP contribution in [0, 0.1) is 24.7 Å². The molecule has 2 heterocycles. The first-order valence-electron chi connectivity index (χ1n) is 8.47. The quantitative estimate of drug-likeness (QED) is 0.867. The highest BCUT2D eigenvalue weighted by molar-refractivity contribution is 7.21. The molecule has 4 heteroatoms. The summed E-state index contributed by atoms with van der Waals surface area (Å²) >= 11 is 3.73. The van der Waals surface area contributed by atoms with Gasteiger partial charge in [-0.25, -0.2) is 4.98 Å². The van der Waals surface area contributed by atoms with Gasteiger partial charge in [0.15, 0.2) is 0 Å². The highest BCUT2D eigenvalue weighted by atomic mass is 32.1. The zero-order valence-electron chi connectivity index (χ0n) is 13.0. The van der Waals surface area contributed by atoms with E-state index in [-0.39, 0.29) is 0 Å². The maximum atomic E-state index is 4.38. The summed E-state index contributed by atoms with van der Waals surface area (Å²) in [6, 6.07) is 4.57. The molecule has 2 aromatic rings. The molecule has 4 aliphatic rings. The molecule has 2 aromatic heterocycles. The predicted octanol–water partition coefficient (Wildman–Crippen LogP) is 4.85. The molecule has 2 unspecified atom stereocenters. The zero-order chi connectivity index (χ0) is 14.7. The van der Waals surface area contributed by atoms with E-state index >= 15 is 0 Å². The van der Waals surface area contributed by atoms with E-state index in [1.165, 1.54) is 46.7 Å². The molecule has 116 valence electrons. The fourth-order valence-electron chi connectivity index (χ4n) is 5.43. The number of nitrogens with one attached hydrogen (secondary N) is 1. The summed E-state index contributed by atoms with van der Waals surface area (Å²) in [5, 5.41) is 5.16. The number of nitrogens with zero attached hydrogens (tertiary/aromatic N) is 1. The standard InChI is InChI=1S/C18H22N2S2/c1-11-19-10-17(21-11)16-3-2-15(22-16)9-20-18-7-12-4-13(8-18)6-14(18)5-12/h2-3,10,12-14,20H,4-9H2,1H3. The van der Waals surface area contributed by atoms with Crippen LogP contribution in [0.5, 0.6) is 0 Å². The third-order valence-electron chi connectivity index (χ3n) is 6.13. The third kappa shape index (κ3) is 2.11. The maximum absolute atomic E-state index is 4.38. The van der Waals surface area contributed by atoms with Crippen LogP contribution in [0.2, 0.25) is 0 Å². The number of hydrogen-bond donors (Lipinski definition) is 1. The number of thiazole rings is 1. The fourth-order valence-corrected chi connectivity index (χ4v) is 7.23. The molecule has 0 saturated heterocycles. The first kappa shape index (κ1) is 13.7. The first-order valence-corrected chi connectivity index (χ1v) is 10.1. The van der Waals surface area contributed by atoms with Gasteiger partial charge in [0, 0.05) is 28.0 Å². The van der Waals surface area contributed by atoms with Gasteiger partial charge in [0.05, 0.1) is 9.88 Å². The number of hydrogen-bond acceptors (Lipinski definition) is 4. The van der Waals surface area contributed by atoms with Crippen molar-refractivity contribution < 1.29 is 0 Å². The van der Waals surface area contributed by atoms with Gasteiger partial charge in [-0.15, -0.1) is 22.7 Å². The molecule has 0 amide bonds. The van der Waals surface area contributed by atoms with E-state index in [2.05, 4.69) is 29.4 Å². The Labute approximate surface area is 140 Å². The summed E-state index contributed by atoms with van der Waals surface area (Å²) in [7, 11) is 0. The summed E-state index contributed by atoms with van der Waals surface area (Å²) < 4.78 is 0.